The number of hydrogen-bond acceptors (Lipinski definition) is 4. The van der Waals surface area contributed by atoms with Gasteiger partial charge in [-0.15, -0.1) is 0 Å². The first-order valence-corrected chi connectivity index (χ1v) is 21.1. The van der Waals surface area contributed by atoms with Crippen LogP contribution in [0.15, 0.2) is 12.2 Å². The SMILES string of the molecule is C=C(C)C(=O)NCCC[Si](C)(O[Si](C)(C)C)O[Si](C)(C)O[Si](C)(C)C. The van der Waals surface area contributed by atoms with Gasteiger partial charge in [0, 0.05) is 12.1 Å². The average Bonchev–Trinajstić information content (AvgIpc) is 2.27. The van der Waals surface area contributed by atoms with Gasteiger partial charge in [0.2, 0.25) is 5.91 Å². The van der Waals surface area contributed by atoms with Crippen molar-refractivity contribution in [3.05, 3.63) is 12.2 Å². The van der Waals surface area contributed by atoms with Gasteiger partial charge in [-0.2, -0.15) is 0 Å². The average molecular weight is 422 g/mol. The Morgan fingerprint density at radius 1 is 0.880 bits per heavy atom. The Labute approximate surface area is 159 Å². The quantitative estimate of drug-likeness (QED) is 0.302. The van der Waals surface area contributed by atoms with E-state index in [2.05, 4.69) is 70.8 Å². The van der Waals surface area contributed by atoms with Crippen LogP contribution in [0.25, 0.3) is 0 Å². The first-order valence-electron chi connectivity index (χ1n) is 8.99. The molecule has 0 aliphatic carbocycles. The minimum Gasteiger partial charge on any atom is -0.437 e. The van der Waals surface area contributed by atoms with Crippen molar-refractivity contribution in [1.82, 2.24) is 5.32 Å². The molecule has 5 nitrogen and oxygen atoms in total. The van der Waals surface area contributed by atoms with Gasteiger partial charge in [-0.05, 0) is 78.3 Å². The fraction of sp³-hybridized carbons (Fsp3) is 0.812. The van der Waals surface area contributed by atoms with Gasteiger partial charge in [-0.1, -0.05) is 6.58 Å². The molecule has 148 valence electrons. The molecule has 0 aromatic carbocycles. The molecule has 0 aromatic rings. The summed E-state index contributed by atoms with van der Waals surface area (Å²) in [5, 5.41) is 2.89. The highest BCUT2D eigenvalue weighted by Gasteiger charge is 2.44. The van der Waals surface area contributed by atoms with Gasteiger partial charge in [0.25, 0.3) is 0 Å². The second kappa shape index (κ2) is 9.24. The molecule has 1 atom stereocenters. The normalized spacial score (nSPS) is 15.6. The summed E-state index contributed by atoms with van der Waals surface area (Å²) in [7, 11) is -8.03. The van der Waals surface area contributed by atoms with Gasteiger partial charge in [0.05, 0.1) is 0 Å². The van der Waals surface area contributed by atoms with Crippen LogP contribution in [0.4, 0.5) is 0 Å². The summed E-state index contributed by atoms with van der Waals surface area (Å²) in [5.41, 5.74) is 0.534. The van der Waals surface area contributed by atoms with Crippen LogP contribution >= 0.6 is 0 Å². The maximum Gasteiger partial charge on any atom is 0.315 e. The van der Waals surface area contributed by atoms with Crippen molar-refractivity contribution in [3.63, 3.8) is 0 Å². The molecule has 0 aliphatic heterocycles. The van der Waals surface area contributed by atoms with Gasteiger partial charge in [-0.25, -0.2) is 0 Å². The van der Waals surface area contributed by atoms with Crippen molar-refractivity contribution in [1.29, 1.82) is 0 Å². The molecule has 0 radical (unpaired) electrons. The molecule has 0 saturated carbocycles. The molecule has 1 N–H and O–H groups in total. The molecule has 0 aromatic heterocycles. The fourth-order valence-electron chi connectivity index (χ4n) is 2.81. The molecule has 0 fully saturated rings. The zero-order valence-electron chi connectivity index (χ0n) is 18.0. The predicted molar refractivity (Wildman–Crippen MR) is 116 cm³/mol. The third kappa shape index (κ3) is 12.9. The van der Waals surface area contributed by atoms with Crippen LogP contribution in [0, 0.1) is 0 Å². The number of carbonyl (C=O) groups excluding carboxylic acids is 1. The number of hydrogen-bond donors (Lipinski definition) is 1. The van der Waals surface area contributed by atoms with Crippen LogP contribution in [0.5, 0.6) is 0 Å². The van der Waals surface area contributed by atoms with E-state index in [0.717, 1.165) is 12.5 Å². The monoisotopic (exact) mass is 421 g/mol. The molecule has 25 heavy (non-hydrogen) atoms. The molecule has 0 saturated heterocycles. The predicted octanol–water partition coefficient (Wildman–Crippen LogP) is 4.56. The van der Waals surface area contributed by atoms with Crippen LogP contribution in [0.3, 0.4) is 0 Å². The van der Waals surface area contributed by atoms with E-state index in [4.69, 9.17) is 12.3 Å². The minimum atomic E-state index is -2.37. The van der Waals surface area contributed by atoms with Crippen LogP contribution in [0.2, 0.25) is 65.0 Å². The van der Waals surface area contributed by atoms with Gasteiger partial charge in [0.1, 0.15) is 0 Å². The Kier molecular flexibility index (Phi) is 9.23. The lowest BCUT2D eigenvalue weighted by Crippen LogP contribution is -2.56. The third-order valence-electron chi connectivity index (χ3n) is 3.02. The summed E-state index contributed by atoms with van der Waals surface area (Å²) in [6.07, 6.45) is 0.837. The molecule has 0 heterocycles. The second-order valence-electron chi connectivity index (χ2n) is 9.20. The molecule has 1 unspecified atom stereocenters. The zero-order valence-corrected chi connectivity index (χ0v) is 22.0. The Hall–Kier alpha value is -0.0425. The largest absolute Gasteiger partial charge is 0.437 e. The van der Waals surface area contributed by atoms with E-state index in [1.54, 1.807) is 6.92 Å². The van der Waals surface area contributed by atoms with Crippen molar-refractivity contribution < 1.29 is 17.1 Å². The zero-order chi connectivity index (χ0) is 20.1. The van der Waals surface area contributed by atoms with Crippen molar-refractivity contribution in [2.75, 3.05) is 6.54 Å². The van der Waals surface area contributed by atoms with E-state index in [0.29, 0.717) is 12.1 Å². The van der Waals surface area contributed by atoms with Crippen molar-refractivity contribution >= 4 is 39.7 Å². The topological polar surface area (TPSA) is 56.8 Å². The number of carbonyl (C=O) groups is 1. The Morgan fingerprint density at radius 3 is 1.76 bits per heavy atom. The molecule has 1 amide bonds. The fourth-order valence-corrected chi connectivity index (χ4v) is 20.8. The van der Waals surface area contributed by atoms with E-state index < -0.39 is 33.8 Å². The van der Waals surface area contributed by atoms with Gasteiger partial charge in [0.15, 0.2) is 16.6 Å². The molecular formula is C16H39NO4Si4. The van der Waals surface area contributed by atoms with E-state index in [9.17, 15) is 4.79 Å². The van der Waals surface area contributed by atoms with Crippen LogP contribution in [0.1, 0.15) is 13.3 Å². The summed E-state index contributed by atoms with van der Waals surface area (Å²) >= 11 is 0. The number of nitrogens with one attached hydrogen (secondary N) is 1. The number of amides is 1. The summed E-state index contributed by atoms with van der Waals surface area (Å²) in [4.78, 5) is 11.6. The first-order chi connectivity index (χ1) is 10.9. The smallest absolute Gasteiger partial charge is 0.315 e. The van der Waals surface area contributed by atoms with Gasteiger partial charge >= 0.3 is 17.1 Å². The maximum absolute atomic E-state index is 11.6. The van der Waals surface area contributed by atoms with E-state index in [1.807, 2.05) is 0 Å². The van der Waals surface area contributed by atoms with Crippen molar-refractivity contribution in [3.8, 4) is 0 Å². The summed E-state index contributed by atoms with van der Waals surface area (Å²) in [6.45, 7) is 25.5. The highest BCUT2D eigenvalue weighted by molar-refractivity contribution is 6.89. The van der Waals surface area contributed by atoms with Crippen molar-refractivity contribution in [2.24, 2.45) is 0 Å². The van der Waals surface area contributed by atoms with Gasteiger partial charge in [-0.3, -0.25) is 4.79 Å². The summed E-state index contributed by atoms with van der Waals surface area (Å²) in [6, 6.07) is 0.846. The first kappa shape index (κ1) is 25.0. The molecule has 0 aliphatic rings. The summed E-state index contributed by atoms with van der Waals surface area (Å²) < 4.78 is 19.5. The molecular weight excluding hydrogens is 383 g/mol. The molecule has 0 rings (SSSR count). The minimum absolute atomic E-state index is 0.0906. The highest BCUT2D eigenvalue weighted by Crippen LogP contribution is 2.27. The third-order valence-corrected chi connectivity index (χ3v) is 16.6. The lowest BCUT2D eigenvalue weighted by molar-refractivity contribution is -0.117. The lowest BCUT2D eigenvalue weighted by atomic mass is 10.3. The Balaban J connectivity index is 4.95. The van der Waals surface area contributed by atoms with Gasteiger partial charge < -0.3 is 17.7 Å². The van der Waals surface area contributed by atoms with E-state index in [-0.39, 0.29) is 5.91 Å². The van der Waals surface area contributed by atoms with E-state index >= 15 is 0 Å². The van der Waals surface area contributed by atoms with Crippen LogP contribution in [-0.4, -0.2) is 46.2 Å². The summed E-state index contributed by atoms with van der Waals surface area (Å²) in [5.74, 6) is -0.0906. The Bertz CT molecular complexity index is 472. The second-order valence-corrected chi connectivity index (χ2v) is 25.7. The molecule has 0 spiro atoms. The highest BCUT2D eigenvalue weighted by atomic mass is 28.5. The molecule has 0 bridgehead atoms. The van der Waals surface area contributed by atoms with Crippen LogP contribution < -0.4 is 5.32 Å². The maximum atomic E-state index is 11.6. The standard InChI is InChI=1S/C16H39NO4Si4/c1-15(2)16(18)17-13-12-14-25(11,20-23(6,7)8)21-24(9,10)19-22(3,4)5/h1,12-14H2,2-11H3,(H,17,18). The number of rotatable bonds is 11. The van der Waals surface area contributed by atoms with E-state index in [1.165, 1.54) is 0 Å². The van der Waals surface area contributed by atoms with Crippen LogP contribution in [-0.2, 0) is 17.1 Å². The Morgan fingerprint density at radius 2 is 1.36 bits per heavy atom. The molecule has 9 heteroatoms. The lowest BCUT2D eigenvalue weighted by Gasteiger charge is -2.41. The van der Waals surface area contributed by atoms with Crippen molar-refractivity contribution in [2.45, 2.75) is 78.3 Å².